The Balaban J connectivity index is 1.47. The molecule has 3 aliphatic heterocycles. The van der Waals surface area contributed by atoms with E-state index in [0.29, 0.717) is 32.5 Å². The monoisotopic (exact) mass is 402 g/mol. The normalized spacial score (nSPS) is 26.1. The summed E-state index contributed by atoms with van der Waals surface area (Å²) >= 11 is 0. The van der Waals surface area contributed by atoms with E-state index in [1.807, 2.05) is 28.1 Å². The van der Waals surface area contributed by atoms with Gasteiger partial charge in [0.15, 0.2) is 0 Å². The van der Waals surface area contributed by atoms with Gasteiger partial charge in [0.2, 0.25) is 11.8 Å². The summed E-state index contributed by atoms with van der Waals surface area (Å²) in [5.74, 6) is 0.239. The van der Waals surface area contributed by atoms with Crippen LogP contribution in [0.15, 0.2) is 24.5 Å². The Hall–Kier alpha value is -2.03. The second-order valence-corrected chi connectivity index (χ2v) is 7.87. The lowest BCUT2D eigenvalue weighted by Crippen LogP contribution is -2.53. The van der Waals surface area contributed by atoms with Gasteiger partial charge in [-0.2, -0.15) is 0 Å². The maximum atomic E-state index is 13.2. The van der Waals surface area contributed by atoms with Gasteiger partial charge in [0.25, 0.3) is 0 Å². The summed E-state index contributed by atoms with van der Waals surface area (Å²) in [6.45, 7) is 6.34. The van der Waals surface area contributed by atoms with Gasteiger partial charge in [-0.1, -0.05) is 6.07 Å². The van der Waals surface area contributed by atoms with Crippen LogP contribution in [0.1, 0.15) is 30.9 Å². The van der Waals surface area contributed by atoms with Gasteiger partial charge >= 0.3 is 0 Å². The fourth-order valence-electron chi connectivity index (χ4n) is 4.46. The molecule has 0 bridgehead atoms. The van der Waals surface area contributed by atoms with Gasteiger partial charge in [0.1, 0.15) is 0 Å². The van der Waals surface area contributed by atoms with Gasteiger partial charge in [-0.3, -0.25) is 19.5 Å². The van der Waals surface area contributed by atoms with Crippen LogP contribution in [0.4, 0.5) is 0 Å². The van der Waals surface area contributed by atoms with Gasteiger partial charge in [-0.15, -0.1) is 0 Å². The van der Waals surface area contributed by atoms with E-state index >= 15 is 0 Å². The van der Waals surface area contributed by atoms with Crippen LogP contribution in [0.25, 0.3) is 0 Å². The van der Waals surface area contributed by atoms with Crippen LogP contribution >= 0.6 is 0 Å². The molecular weight excluding hydrogens is 372 g/mol. The lowest BCUT2D eigenvalue weighted by atomic mass is 9.98. The molecule has 0 unspecified atom stereocenters. The summed E-state index contributed by atoms with van der Waals surface area (Å²) in [6, 6.07) is 3.76. The molecule has 1 aromatic rings. The lowest BCUT2D eigenvalue weighted by Gasteiger charge is -2.43. The van der Waals surface area contributed by atoms with E-state index in [-0.39, 0.29) is 24.0 Å². The molecule has 3 aliphatic rings. The molecule has 1 aromatic heterocycles. The molecule has 0 aromatic carbocycles. The summed E-state index contributed by atoms with van der Waals surface area (Å²) in [5.41, 5.74) is 0.996. The van der Waals surface area contributed by atoms with Crippen LogP contribution in [-0.4, -0.2) is 96.7 Å². The van der Waals surface area contributed by atoms with Crippen molar-refractivity contribution in [1.29, 1.82) is 0 Å². The molecule has 0 saturated carbocycles. The van der Waals surface area contributed by atoms with E-state index in [1.165, 1.54) is 0 Å². The van der Waals surface area contributed by atoms with Gasteiger partial charge in [0, 0.05) is 64.5 Å². The highest BCUT2D eigenvalue weighted by Crippen LogP contribution is 2.30. The predicted molar refractivity (Wildman–Crippen MR) is 106 cm³/mol. The van der Waals surface area contributed by atoms with E-state index in [9.17, 15) is 9.59 Å². The molecule has 158 valence electrons. The number of morpholine rings is 2. The van der Waals surface area contributed by atoms with Crippen LogP contribution in [0.2, 0.25) is 0 Å². The number of pyridine rings is 1. The van der Waals surface area contributed by atoms with Crippen molar-refractivity contribution in [3.63, 3.8) is 0 Å². The van der Waals surface area contributed by atoms with Crippen molar-refractivity contribution in [3.8, 4) is 0 Å². The first-order valence-electron chi connectivity index (χ1n) is 10.6. The quantitative estimate of drug-likeness (QED) is 0.697. The van der Waals surface area contributed by atoms with Crippen LogP contribution in [-0.2, 0) is 19.1 Å². The number of likely N-dealkylation sites (tertiary alicyclic amines) is 1. The first-order valence-corrected chi connectivity index (χ1v) is 10.6. The predicted octanol–water partition coefficient (Wildman–Crippen LogP) is 0.695. The minimum absolute atomic E-state index is 0.0776. The van der Waals surface area contributed by atoms with Crippen molar-refractivity contribution in [3.05, 3.63) is 30.1 Å². The first-order chi connectivity index (χ1) is 14.2. The highest BCUT2D eigenvalue weighted by Gasteiger charge is 2.37. The fourth-order valence-corrected chi connectivity index (χ4v) is 4.46. The zero-order valence-electron chi connectivity index (χ0n) is 16.9. The summed E-state index contributed by atoms with van der Waals surface area (Å²) in [6.07, 6.45) is 5.32. The third kappa shape index (κ3) is 4.94. The third-order valence-corrected chi connectivity index (χ3v) is 6.01. The van der Waals surface area contributed by atoms with Crippen LogP contribution in [0.3, 0.4) is 0 Å². The van der Waals surface area contributed by atoms with Gasteiger partial charge < -0.3 is 19.3 Å². The molecule has 29 heavy (non-hydrogen) atoms. The number of aromatic nitrogens is 1. The molecule has 2 atom stereocenters. The van der Waals surface area contributed by atoms with Crippen molar-refractivity contribution < 1.29 is 19.1 Å². The number of ether oxygens (including phenoxy) is 2. The smallest absolute Gasteiger partial charge is 0.225 e. The molecular formula is C21H30N4O4. The van der Waals surface area contributed by atoms with Crippen LogP contribution in [0.5, 0.6) is 0 Å². The van der Waals surface area contributed by atoms with E-state index in [4.69, 9.17) is 9.47 Å². The Kier molecular flexibility index (Phi) is 6.74. The highest BCUT2D eigenvalue weighted by molar-refractivity contribution is 5.80. The van der Waals surface area contributed by atoms with Crippen molar-refractivity contribution in [1.82, 2.24) is 19.7 Å². The summed E-state index contributed by atoms with van der Waals surface area (Å²) in [7, 11) is 0. The van der Waals surface area contributed by atoms with Crippen molar-refractivity contribution in [2.75, 3.05) is 59.1 Å². The second-order valence-electron chi connectivity index (χ2n) is 7.87. The number of hydrogen-bond donors (Lipinski definition) is 0. The van der Waals surface area contributed by atoms with E-state index in [0.717, 1.165) is 51.4 Å². The fraction of sp³-hybridized carbons (Fsp3) is 0.667. The molecule has 2 amide bonds. The number of nitrogens with zero attached hydrogens (tertiary/aromatic N) is 4. The minimum Gasteiger partial charge on any atom is -0.379 e. The van der Waals surface area contributed by atoms with Crippen molar-refractivity contribution in [2.45, 2.75) is 31.4 Å². The Morgan fingerprint density at radius 2 is 2.03 bits per heavy atom. The Labute approximate surface area is 171 Å². The number of amides is 2. The standard InChI is InChI=1S/C21H30N4O4/c26-19-4-2-7-24(19)8-5-20(27)25-11-14-29-18(16-23-9-12-28-13-10-23)21(25)17-3-1-6-22-15-17/h1,3,6,15,18,21H,2,4-5,7-14,16H2/t18-,21-/m0/s1. The largest absolute Gasteiger partial charge is 0.379 e. The van der Waals surface area contributed by atoms with Gasteiger partial charge in [-0.25, -0.2) is 0 Å². The summed E-state index contributed by atoms with van der Waals surface area (Å²) in [5, 5.41) is 0. The molecule has 8 nitrogen and oxygen atoms in total. The zero-order valence-corrected chi connectivity index (χ0v) is 16.9. The zero-order chi connectivity index (χ0) is 20.1. The van der Waals surface area contributed by atoms with E-state index < -0.39 is 0 Å². The molecule has 3 fully saturated rings. The molecule has 3 saturated heterocycles. The summed E-state index contributed by atoms with van der Waals surface area (Å²) in [4.78, 5) is 35.4. The molecule has 8 heteroatoms. The van der Waals surface area contributed by atoms with Crippen LogP contribution < -0.4 is 0 Å². The maximum Gasteiger partial charge on any atom is 0.225 e. The average Bonchev–Trinajstić information content (AvgIpc) is 3.18. The molecule has 0 spiro atoms. The molecule has 4 rings (SSSR count). The number of carbonyl (C=O) groups is 2. The van der Waals surface area contributed by atoms with Crippen molar-refractivity contribution in [2.24, 2.45) is 0 Å². The highest BCUT2D eigenvalue weighted by atomic mass is 16.5. The molecule has 0 N–H and O–H groups in total. The SMILES string of the molecule is O=C1CCCN1CCC(=O)N1CCO[C@@H](CN2CCOCC2)[C@@H]1c1cccnc1. The molecule has 0 radical (unpaired) electrons. The Morgan fingerprint density at radius 3 is 2.76 bits per heavy atom. The topological polar surface area (TPSA) is 75.2 Å². The Morgan fingerprint density at radius 1 is 1.17 bits per heavy atom. The number of carbonyl (C=O) groups excluding carboxylic acids is 2. The van der Waals surface area contributed by atoms with E-state index in [2.05, 4.69) is 9.88 Å². The molecule has 4 heterocycles. The van der Waals surface area contributed by atoms with Crippen molar-refractivity contribution >= 4 is 11.8 Å². The Bertz CT molecular complexity index is 695. The number of rotatable bonds is 6. The average molecular weight is 402 g/mol. The molecule has 0 aliphatic carbocycles. The van der Waals surface area contributed by atoms with Gasteiger partial charge in [-0.05, 0) is 18.1 Å². The first kappa shape index (κ1) is 20.3. The van der Waals surface area contributed by atoms with Crippen LogP contribution in [0, 0.1) is 0 Å². The summed E-state index contributed by atoms with van der Waals surface area (Å²) < 4.78 is 11.6. The maximum absolute atomic E-state index is 13.2. The minimum atomic E-state index is -0.165. The van der Waals surface area contributed by atoms with E-state index in [1.54, 1.807) is 6.20 Å². The third-order valence-electron chi connectivity index (χ3n) is 6.01. The number of hydrogen-bond acceptors (Lipinski definition) is 6. The lowest BCUT2D eigenvalue weighted by molar-refractivity contribution is -0.150. The van der Waals surface area contributed by atoms with Gasteiger partial charge in [0.05, 0.1) is 32.0 Å². The second kappa shape index (κ2) is 9.65.